The van der Waals surface area contributed by atoms with E-state index in [1.54, 1.807) is 12.1 Å². The molecule has 2 rings (SSSR count). The van der Waals surface area contributed by atoms with Gasteiger partial charge in [-0.05, 0) is 35.2 Å². The summed E-state index contributed by atoms with van der Waals surface area (Å²) in [4.78, 5) is -0.307. The van der Waals surface area contributed by atoms with Crippen LogP contribution < -0.4 is 0 Å². The van der Waals surface area contributed by atoms with Crippen molar-refractivity contribution in [2.24, 2.45) is 0 Å². The maximum atomic E-state index is 12.8. The minimum atomic E-state index is -4.62. The monoisotopic (exact) mass is 278 g/mol. The van der Waals surface area contributed by atoms with Gasteiger partial charge in [0, 0.05) is 0 Å². The second kappa shape index (κ2) is 5.53. The molecule has 4 heteroatoms. The largest absolute Gasteiger partial charge is 0.332 e. The van der Waals surface area contributed by atoms with E-state index >= 15 is 0 Å². The Bertz CT molecular complexity index is 644. The molecule has 0 radical (unpaired) electrons. The molecule has 100 valence electrons. The minimum absolute atomic E-state index is 0.307. The van der Waals surface area contributed by atoms with Gasteiger partial charge in [0.15, 0.2) is 0 Å². The Balaban J connectivity index is 2.27. The molecule has 0 bridgehead atoms. The fourth-order valence-corrected chi connectivity index (χ4v) is 2.42. The highest BCUT2D eigenvalue weighted by Crippen LogP contribution is 2.22. The van der Waals surface area contributed by atoms with Gasteiger partial charge in [-0.25, -0.2) is 0 Å². The van der Waals surface area contributed by atoms with Crippen LogP contribution >= 0.6 is 0 Å². The van der Waals surface area contributed by atoms with Crippen molar-refractivity contribution >= 4 is 10.2 Å². The molecular formula is C15H15FO2S. The standard InChI is InChI=1S/C15H15FO2S/c1-2-3-12-4-6-13(7-5-12)14-8-10-15(11-9-14)19(16,17)18/h4-11H,2-3H2,1H3. The third kappa shape index (κ3) is 3.41. The Morgan fingerprint density at radius 3 is 1.79 bits per heavy atom. The lowest BCUT2D eigenvalue weighted by Crippen LogP contribution is -1.91. The Kier molecular flexibility index (Phi) is 4.00. The normalized spacial score (nSPS) is 11.5. The Morgan fingerprint density at radius 2 is 1.37 bits per heavy atom. The van der Waals surface area contributed by atoms with Crippen molar-refractivity contribution in [1.29, 1.82) is 0 Å². The summed E-state index contributed by atoms with van der Waals surface area (Å²) in [5.41, 5.74) is 3.13. The summed E-state index contributed by atoms with van der Waals surface area (Å²) in [7, 11) is -4.62. The van der Waals surface area contributed by atoms with Gasteiger partial charge in [-0.2, -0.15) is 8.42 Å². The zero-order valence-corrected chi connectivity index (χ0v) is 11.5. The molecule has 0 aliphatic carbocycles. The number of halogens is 1. The van der Waals surface area contributed by atoms with Crippen LogP contribution in [0.5, 0.6) is 0 Å². The smallest absolute Gasteiger partial charge is 0.189 e. The van der Waals surface area contributed by atoms with Crippen LogP contribution in [-0.2, 0) is 16.6 Å². The average Bonchev–Trinajstić information content (AvgIpc) is 2.39. The van der Waals surface area contributed by atoms with Gasteiger partial charge in [0.2, 0.25) is 0 Å². The summed E-state index contributed by atoms with van der Waals surface area (Å²) in [6.45, 7) is 2.13. The molecule has 0 amide bonds. The van der Waals surface area contributed by atoms with Crippen LogP contribution in [0.25, 0.3) is 11.1 Å². The number of rotatable bonds is 4. The van der Waals surface area contributed by atoms with E-state index in [1.807, 2.05) is 12.1 Å². The molecule has 19 heavy (non-hydrogen) atoms. The minimum Gasteiger partial charge on any atom is -0.189 e. The number of hydrogen-bond donors (Lipinski definition) is 0. The van der Waals surface area contributed by atoms with Gasteiger partial charge < -0.3 is 0 Å². The summed E-state index contributed by atoms with van der Waals surface area (Å²) in [6.07, 6.45) is 2.14. The van der Waals surface area contributed by atoms with Crippen LogP contribution in [0.15, 0.2) is 53.4 Å². The molecule has 0 atom stereocenters. The molecule has 0 fully saturated rings. The maximum absolute atomic E-state index is 12.8. The predicted molar refractivity (Wildman–Crippen MR) is 74.2 cm³/mol. The first-order chi connectivity index (χ1) is 9.00. The van der Waals surface area contributed by atoms with E-state index in [0.29, 0.717) is 0 Å². The Hall–Kier alpha value is -1.68. The molecule has 0 unspecified atom stereocenters. The predicted octanol–water partition coefficient (Wildman–Crippen LogP) is 3.96. The highest BCUT2D eigenvalue weighted by molar-refractivity contribution is 7.86. The van der Waals surface area contributed by atoms with E-state index in [0.717, 1.165) is 24.0 Å². The van der Waals surface area contributed by atoms with E-state index in [4.69, 9.17) is 0 Å². The highest BCUT2D eigenvalue weighted by atomic mass is 32.3. The van der Waals surface area contributed by atoms with E-state index in [9.17, 15) is 12.3 Å². The molecule has 2 aromatic rings. The number of hydrogen-bond acceptors (Lipinski definition) is 2. The van der Waals surface area contributed by atoms with E-state index < -0.39 is 10.2 Å². The zero-order chi connectivity index (χ0) is 13.9. The Labute approximate surface area is 113 Å². The molecule has 0 saturated carbocycles. The van der Waals surface area contributed by atoms with Gasteiger partial charge in [-0.1, -0.05) is 49.7 Å². The van der Waals surface area contributed by atoms with E-state index in [2.05, 4.69) is 19.1 Å². The molecule has 0 aliphatic rings. The number of benzene rings is 2. The van der Waals surface area contributed by atoms with Crippen molar-refractivity contribution in [1.82, 2.24) is 0 Å². The van der Waals surface area contributed by atoms with Gasteiger partial charge in [-0.3, -0.25) is 0 Å². The molecule has 0 aromatic heterocycles. The van der Waals surface area contributed by atoms with Crippen molar-refractivity contribution < 1.29 is 12.3 Å². The van der Waals surface area contributed by atoms with Gasteiger partial charge in [0.25, 0.3) is 0 Å². The quantitative estimate of drug-likeness (QED) is 0.793. The lowest BCUT2D eigenvalue weighted by atomic mass is 10.0. The van der Waals surface area contributed by atoms with Crippen LogP contribution in [0.1, 0.15) is 18.9 Å². The maximum Gasteiger partial charge on any atom is 0.332 e. The van der Waals surface area contributed by atoms with E-state index in [-0.39, 0.29) is 4.90 Å². The first-order valence-electron chi connectivity index (χ1n) is 6.15. The van der Waals surface area contributed by atoms with Crippen molar-refractivity contribution in [3.8, 4) is 11.1 Å². The fourth-order valence-electron chi connectivity index (χ4n) is 1.96. The summed E-state index contributed by atoms with van der Waals surface area (Å²) in [5.74, 6) is 0. The van der Waals surface area contributed by atoms with Crippen molar-refractivity contribution in [2.75, 3.05) is 0 Å². The summed E-state index contributed by atoms with van der Waals surface area (Å²) < 4.78 is 34.2. The topological polar surface area (TPSA) is 34.1 Å². The molecule has 0 saturated heterocycles. The summed E-state index contributed by atoms with van der Waals surface area (Å²) >= 11 is 0. The first kappa shape index (κ1) is 13.7. The van der Waals surface area contributed by atoms with Crippen LogP contribution in [0, 0.1) is 0 Å². The summed E-state index contributed by atoms with van der Waals surface area (Å²) in [5, 5.41) is 0. The second-order valence-electron chi connectivity index (χ2n) is 4.41. The SMILES string of the molecule is CCCc1ccc(-c2ccc(S(=O)(=O)F)cc2)cc1. The van der Waals surface area contributed by atoms with Crippen LogP contribution in [-0.4, -0.2) is 8.42 Å². The van der Waals surface area contributed by atoms with E-state index in [1.165, 1.54) is 17.7 Å². The second-order valence-corrected chi connectivity index (χ2v) is 5.76. The Morgan fingerprint density at radius 1 is 0.895 bits per heavy atom. The highest BCUT2D eigenvalue weighted by Gasteiger charge is 2.11. The molecule has 0 spiro atoms. The van der Waals surface area contributed by atoms with Gasteiger partial charge >= 0.3 is 10.2 Å². The van der Waals surface area contributed by atoms with Crippen molar-refractivity contribution in [3.05, 3.63) is 54.1 Å². The average molecular weight is 278 g/mol. The van der Waals surface area contributed by atoms with Crippen molar-refractivity contribution in [2.45, 2.75) is 24.7 Å². The van der Waals surface area contributed by atoms with Crippen LogP contribution in [0.3, 0.4) is 0 Å². The lowest BCUT2D eigenvalue weighted by Gasteiger charge is -2.04. The van der Waals surface area contributed by atoms with Crippen LogP contribution in [0.4, 0.5) is 3.89 Å². The molecule has 0 aliphatic heterocycles. The van der Waals surface area contributed by atoms with Gasteiger partial charge in [-0.15, -0.1) is 3.89 Å². The molecule has 0 heterocycles. The fraction of sp³-hybridized carbons (Fsp3) is 0.200. The van der Waals surface area contributed by atoms with Crippen LogP contribution in [0.2, 0.25) is 0 Å². The number of aryl methyl sites for hydroxylation is 1. The molecular weight excluding hydrogens is 263 g/mol. The van der Waals surface area contributed by atoms with Gasteiger partial charge in [0.05, 0.1) is 4.90 Å². The summed E-state index contributed by atoms with van der Waals surface area (Å²) in [6, 6.07) is 13.9. The van der Waals surface area contributed by atoms with Crippen molar-refractivity contribution in [3.63, 3.8) is 0 Å². The first-order valence-corrected chi connectivity index (χ1v) is 7.53. The third-order valence-electron chi connectivity index (χ3n) is 2.96. The molecule has 0 N–H and O–H groups in total. The molecule has 2 aromatic carbocycles. The van der Waals surface area contributed by atoms with Gasteiger partial charge in [0.1, 0.15) is 0 Å². The third-order valence-corrected chi connectivity index (χ3v) is 3.80. The zero-order valence-electron chi connectivity index (χ0n) is 10.6. The molecule has 2 nitrogen and oxygen atoms in total. The lowest BCUT2D eigenvalue weighted by molar-refractivity contribution is 0.552.